The van der Waals surface area contributed by atoms with Gasteiger partial charge in [-0.3, -0.25) is 0 Å². The third-order valence-corrected chi connectivity index (χ3v) is 10.6. The standard InChI is InChI=1S/C43H26N2S/c1-3-13-27(14-4-1)42-35-26-33(43-41(32-19-9-12-22-39(32)46-43)40(35)31-18-7-10-20-36(31)44-42)28-23-24-38-34(25-28)30-17-8-11-21-37(30)45(38)29-15-5-2-6-16-29/h1-26H. The molecule has 46 heavy (non-hydrogen) atoms. The first-order chi connectivity index (χ1) is 22.8. The molecule has 214 valence electrons. The van der Waals surface area contributed by atoms with Crippen LogP contribution in [-0.4, -0.2) is 9.55 Å². The molecule has 10 aromatic rings. The average molecular weight is 603 g/mol. The molecule has 0 aliphatic heterocycles. The molecule has 0 saturated carbocycles. The molecule has 0 unspecified atom stereocenters. The minimum Gasteiger partial charge on any atom is -0.309 e. The summed E-state index contributed by atoms with van der Waals surface area (Å²) in [5.74, 6) is 0. The first-order valence-corrected chi connectivity index (χ1v) is 16.5. The average Bonchev–Trinajstić information content (AvgIpc) is 3.68. The Morgan fingerprint density at radius 1 is 0.457 bits per heavy atom. The maximum absolute atomic E-state index is 5.31. The summed E-state index contributed by atoms with van der Waals surface area (Å²) in [5, 5.41) is 8.78. The highest BCUT2D eigenvalue weighted by Crippen LogP contribution is 2.48. The van der Waals surface area contributed by atoms with Crippen molar-refractivity contribution in [3.05, 3.63) is 158 Å². The molecule has 0 saturated heterocycles. The monoisotopic (exact) mass is 602 g/mol. The fourth-order valence-electron chi connectivity index (χ4n) is 7.36. The fraction of sp³-hybridized carbons (Fsp3) is 0. The molecule has 2 nitrogen and oxygen atoms in total. The van der Waals surface area contributed by atoms with Gasteiger partial charge in [0.1, 0.15) is 0 Å². The zero-order chi connectivity index (χ0) is 30.2. The third-order valence-electron chi connectivity index (χ3n) is 9.35. The summed E-state index contributed by atoms with van der Waals surface area (Å²) < 4.78 is 5.00. The maximum Gasteiger partial charge on any atom is 0.0788 e. The molecular formula is C43H26N2S. The lowest BCUT2D eigenvalue weighted by Gasteiger charge is -2.15. The summed E-state index contributed by atoms with van der Waals surface area (Å²) in [6.45, 7) is 0. The third kappa shape index (κ3) is 3.67. The molecule has 0 atom stereocenters. The number of nitrogens with zero attached hydrogens (tertiary/aromatic N) is 2. The number of fused-ring (bicyclic) bond motifs is 10. The number of benzene rings is 7. The van der Waals surface area contributed by atoms with Crippen LogP contribution in [0.5, 0.6) is 0 Å². The number of rotatable bonds is 3. The molecule has 0 amide bonds. The molecule has 0 fully saturated rings. The largest absolute Gasteiger partial charge is 0.309 e. The molecule has 0 radical (unpaired) electrons. The van der Waals surface area contributed by atoms with Crippen LogP contribution in [-0.2, 0) is 0 Å². The Balaban J connectivity index is 1.36. The van der Waals surface area contributed by atoms with E-state index < -0.39 is 0 Å². The van der Waals surface area contributed by atoms with Crippen molar-refractivity contribution in [3.63, 3.8) is 0 Å². The molecule has 3 aromatic heterocycles. The van der Waals surface area contributed by atoms with Gasteiger partial charge in [0.25, 0.3) is 0 Å². The van der Waals surface area contributed by atoms with Gasteiger partial charge >= 0.3 is 0 Å². The minimum atomic E-state index is 1.02. The van der Waals surface area contributed by atoms with Gasteiger partial charge in [0, 0.05) is 63.9 Å². The molecule has 0 aliphatic carbocycles. The van der Waals surface area contributed by atoms with Crippen LogP contribution in [0.1, 0.15) is 0 Å². The normalized spacial score (nSPS) is 11.9. The van der Waals surface area contributed by atoms with Gasteiger partial charge in [-0.15, -0.1) is 11.3 Å². The van der Waals surface area contributed by atoms with Crippen LogP contribution >= 0.6 is 11.3 Å². The second-order valence-corrected chi connectivity index (χ2v) is 13.0. The first-order valence-electron chi connectivity index (χ1n) is 15.6. The van der Waals surface area contributed by atoms with E-state index in [0.717, 1.165) is 16.8 Å². The van der Waals surface area contributed by atoms with Crippen molar-refractivity contribution in [2.45, 2.75) is 0 Å². The van der Waals surface area contributed by atoms with E-state index in [2.05, 4.69) is 162 Å². The van der Waals surface area contributed by atoms with E-state index >= 15 is 0 Å². The van der Waals surface area contributed by atoms with Crippen LogP contribution in [0, 0.1) is 0 Å². The van der Waals surface area contributed by atoms with Gasteiger partial charge in [0.15, 0.2) is 0 Å². The number of thiophene rings is 1. The van der Waals surface area contributed by atoms with Gasteiger partial charge in [-0.1, -0.05) is 109 Å². The Morgan fingerprint density at radius 2 is 1.13 bits per heavy atom. The first kappa shape index (κ1) is 25.5. The van der Waals surface area contributed by atoms with Crippen molar-refractivity contribution in [1.82, 2.24) is 9.55 Å². The summed E-state index contributed by atoms with van der Waals surface area (Å²) in [6.07, 6.45) is 0. The second kappa shape index (κ2) is 9.87. The van der Waals surface area contributed by atoms with Gasteiger partial charge in [0.2, 0.25) is 0 Å². The van der Waals surface area contributed by atoms with E-state index in [-0.39, 0.29) is 0 Å². The molecular weight excluding hydrogens is 577 g/mol. The SMILES string of the molecule is c1ccc(-c2nc3ccccc3c3c2cc(-c2ccc4c(c2)c2ccccc2n4-c2ccccc2)c2sc4ccccc4c23)cc1. The minimum absolute atomic E-state index is 1.02. The molecule has 3 heterocycles. The number of aromatic nitrogens is 2. The van der Waals surface area contributed by atoms with E-state index in [4.69, 9.17) is 4.98 Å². The van der Waals surface area contributed by atoms with Crippen molar-refractivity contribution in [3.8, 4) is 28.1 Å². The van der Waals surface area contributed by atoms with Crippen LogP contribution < -0.4 is 0 Å². The lowest BCUT2D eigenvalue weighted by Crippen LogP contribution is -1.93. The highest BCUT2D eigenvalue weighted by molar-refractivity contribution is 7.26. The molecule has 0 spiro atoms. The van der Waals surface area contributed by atoms with Gasteiger partial charge in [-0.25, -0.2) is 4.98 Å². The summed E-state index contributed by atoms with van der Waals surface area (Å²) >= 11 is 1.89. The highest BCUT2D eigenvalue weighted by atomic mass is 32.1. The predicted molar refractivity (Wildman–Crippen MR) is 197 cm³/mol. The number of hydrogen-bond acceptors (Lipinski definition) is 2. The van der Waals surface area contributed by atoms with Crippen molar-refractivity contribution in [2.24, 2.45) is 0 Å². The summed E-state index contributed by atoms with van der Waals surface area (Å²) in [7, 11) is 0. The zero-order valence-corrected chi connectivity index (χ0v) is 25.6. The smallest absolute Gasteiger partial charge is 0.0788 e. The van der Waals surface area contributed by atoms with Crippen molar-refractivity contribution in [2.75, 3.05) is 0 Å². The van der Waals surface area contributed by atoms with Crippen LogP contribution in [0.15, 0.2) is 158 Å². The lowest BCUT2D eigenvalue weighted by atomic mass is 9.92. The molecule has 7 aromatic carbocycles. The zero-order valence-electron chi connectivity index (χ0n) is 24.8. The maximum atomic E-state index is 5.31. The molecule has 3 heteroatoms. The Kier molecular flexibility index (Phi) is 5.48. The van der Waals surface area contributed by atoms with Crippen molar-refractivity contribution >= 4 is 75.0 Å². The molecule has 0 bridgehead atoms. The number of para-hydroxylation sites is 3. The Labute approximate surface area is 269 Å². The van der Waals surface area contributed by atoms with Gasteiger partial charge in [-0.2, -0.15) is 0 Å². The van der Waals surface area contributed by atoms with Crippen molar-refractivity contribution < 1.29 is 0 Å². The molecule has 0 aliphatic rings. The van der Waals surface area contributed by atoms with E-state index in [9.17, 15) is 0 Å². The summed E-state index contributed by atoms with van der Waals surface area (Å²) in [4.78, 5) is 5.31. The Bertz CT molecular complexity index is 2790. The number of hydrogen-bond donors (Lipinski definition) is 0. The highest BCUT2D eigenvalue weighted by Gasteiger charge is 2.21. The predicted octanol–water partition coefficient (Wildman–Crippen LogP) is 12.2. The number of pyridine rings is 1. The van der Waals surface area contributed by atoms with E-state index in [1.807, 2.05) is 11.3 Å². The Hall–Kier alpha value is -5.77. The van der Waals surface area contributed by atoms with E-state index in [1.54, 1.807) is 0 Å². The fourth-order valence-corrected chi connectivity index (χ4v) is 8.60. The lowest BCUT2D eigenvalue weighted by molar-refractivity contribution is 1.18. The topological polar surface area (TPSA) is 17.8 Å². The van der Waals surface area contributed by atoms with E-state index in [1.165, 1.54) is 75.0 Å². The summed E-state index contributed by atoms with van der Waals surface area (Å²) in [6, 6.07) is 56.9. The van der Waals surface area contributed by atoms with Crippen LogP contribution in [0.3, 0.4) is 0 Å². The second-order valence-electron chi connectivity index (χ2n) is 11.9. The van der Waals surface area contributed by atoms with Crippen LogP contribution in [0.2, 0.25) is 0 Å². The quantitative estimate of drug-likeness (QED) is 0.184. The van der Waals surface area contributed by atoms with Crippen LogP contribution in [0.25, 0.3) is 91.7 Å². The van der Waals surface area contributed by atoms with Gasteiger partial charge < -0.3 is 4.57 Å². The molecule has 10 rings (SSSR count). The van der Waals surface area contributed by atoms with Gasteiger partial charge in [0.05, 0.1) is 22.2 Å². The summed E-state index contributed by atoms with van der Waals surface area (Å²) in [5.41, 5.74) is 9.23. The van der Waals surface area contributed by atoms with Crippen molar-refractivity contribution in [1.29, 1.82) is 0 Å². The van der Waals surface area contributed by atoms with Crippen LogP contribution in [0.4, 0.5) is 0 Å². The van der Waals surface area contributed by atoms with E-state index in [0.29, 0.717) is 0 Å². The van der Waals surface area contributed by atoms with Gasteiger partial charge in [-0.05, 0) is 54.1 Å². The Morgan fingerprint density at radius 3 is 1.98 bits per heavy atom. The molecule has 0 N–H and O–H groups in total.